The van der Waals surface area contributed by atoms with Crippen LogP contribution in [0.25, 0.3) is 0 Å². The zero-order chi connectivity index (χ0) is 8.93. The molecule has 2 fully saturated rings. The van der Waals surface area contributed by atoms with Gasteiger partial charge < -0.3 is 0 Å². The van der Waals surface area contributed by atoms with Gasteiger partial charge >= 0.3 is 0 Å². The largest absolute Gasteiger partial charge is 0.299 e. The summed E-state index contributed by atoms with van der Waals surface area (Å²) in [6, 6.07) is 0. The number of Topliss-reactive ketones (excluding diaryl/α,β-unsaturated/α-hetero) is 1. The van der Waals surface area contributed by atoms with Crippen LogP contribution in [0.15, 0.2) is 0 Å². The summed E-state index contributed by atoms with van der Waals surface area (Å²) in [7, 11) is -1.01. The molecule has 3 atom stereocenters. The second-order valence-corrected chi connectivity index (χ2v) is 10.8. The number of carbonyl (C=O) groups excluding carboxylic acids is 1. The summed E-state index contributed by atoms with van der Waals surface area (Å²) in [5, 5.41) is 0. The molecule has 2 aliphatic carbocycles. The van der Waals surface area contributed by atoms with E-state index in [1.165, 1.54) is 12.8 Å². The molecule has 2 heteroatoms. The monoisotopic (exact) mass is 182 g/mol. The predicted octanol–water partition coefficient (Wildman–Crippen LogP) is 2.69. The molecule has 0 aromatic carbocycles. The fourth-order valence-electron chi connectivity index (χ4n) is 3.03. The van der Waals surface area contributed by atoms with Gasteiger partial charge in [0.05, 0.1) is 0 Å². The molecule has 0 aliphatic heterocycles. The maximum atomic E-state index is 11.5. The van der Waals surface area contributed by atoms with Crippen LogP contribution >= 0.6 is 0 Å². The van der Waals surface area contributed by atoms with E-state index in [0.717, 1.165) is 17.9 Å². The van der Waals surface area contributed by atoms with E-state index in [1.807, 2.05) is 0 Å². The topological polar surface area (TPSA) is 17.1 Å². The predicted molar refractivity (Wildman–Crippen MR) is 52.9 cm³/mol. The standard InChI is InChI=1S/C10H18OSi/c1-12(2,3)10-7-5-4-6-8(11)9(7)10/h7,9-10H,4-6H2,1-3H3/t7-,9-,10?/m1/s1. The van der Waals surface area contributed by atoms with Gasteiger partial charge in [-0.1, -0.05) is 19.6 Å². The second-order valence-electron chi connectivity index (χ2n) is 5.44. The first kappa shape index (κ1) is 8.48. The molecule has 0 radical (unpaired) electrons. The zero-order valence-corrected chi connectivity index (χ0v) is 9.26. The van der Waals surface area contributed by atoms with Crippen molar-refractivity contribution in [2.75, 3.05) is 0 Å². The van der Waals surface area contributed by atoms with Crippen molar-refractivity contribution in [3.63, 3.8) is 0 Å². The molecule has 0 amide bonds. The van der Waals surface area contributed by atoms with E-state index < -0.39 is 8.07 Å². The Balaban J connectivity index is 2.10. The van der Waals surface area contributed by atoms with Crippen LogP contribution in [0.2, 0.25) is 25.2 Å². The SMILES string of the molecule is C[Si](C)(C)C1[C@H]2C(=O)CCC[C@@H]12. The van der Waals surface area contributed by atoms with Crippen molar-refractivity contribution in [1.82, 2.24) is 0 Å². The van der Waals surface area contributed by atoms with Crippen LogP contribution in [0, 0.1) is 11.8 Å². The quantitative estimate of drug-likeness (QED) is 0.570. The lowest BCUT2D eigenvalue weighted by Gasteiger charge is -2.14. The van der Waals surface area contributed by atoms with Gasteiger partial charge in [-0.25, -0.2) is 0 Å². The Labute approximate surface area is 75.6 Å². The number of ketones is 1. The highest BCUT2D eigenvalue weighted by Gasteiger charge is 2.60. The molecule has 0 aromatic rings. The summed E-state index contributed by atoms with van der Waals surface area (Å²) >= 11 is 0. The van der Waals surface area contributed by atoms with Gasteiger partial charge in [-0.15, -0.1) is 0 Å². The van der Waals surface area contributed by atoms with Crippen LogP contribution in [-0.2, 0) is 4.79 Å². The Bertz CT molecular complexity index is 216. The Morgan fingerprint density at radius 2 is 2.00 bits per heavy atom. The van der Waals surface area contributed by atoms with Crippen molar-refractivity contribution in [3.05, 3.63) is 0 Å². The van der Waals surface area contributed by atoms with Crippen molar-refractivity contribution in [3.8, 4) is 0 Å². The lowest BCUT2D eigenvalue weighted by molar-refractivity contribution is -0.121. The maximum absolute atomic E-state index is 11.5. The summed E-state index contributed by atoms with van der Waals surface area (Å²) < 4.78 is 0. The summed E-state index contributed by atoms with van der Waals surface area (Å²) in [5.41, 5.74) is 0.840. The van der Waals surface area contributed by atoms with Crippen molar-refractivity contribution in [2.24, 2.45) is 11.8 Å². The van der Waals surface area contributed by atoms with E-state index in [9.17, 15) is 4.79 Å². The molecule has 2 rings (SSSR count). The Hall–Kier alpha value is -0.113. The highest BCUT2D eigenvalue weighted by molar-refractivity contribution is 6.78. The molecule has 1 unspecified atom stereocenters. The van der Waals surface area contributed by atoms with E-state index in [2.05, 4.69) is 19.6 Å². The molecule has 0 bridgehead atoms. The van der Waals surface area contributed by atoms with E-state index in [0.29, 0.717) is 11.7 Å². The normalized spacial score (nSPS) is 40.9. The molecule has 0 N–H and O–H groups in total. The van der Waals surface area contributed by atoms with E-state index >= 15 is 0 Å². The van der Waals surface area contributed by atoms with Crippen LogP contribution in [-0.4, -0.2) is 13.9 Å². The van der Waals surface area contributed by atoms with Gasteiger partial charge in [0, 0.05) is 20.4 Å². The Morgan fingerprint density at radius 3 is 2.50 bits per heavy atom. The highest BCUT2D eigenvalue weighted by Crippen LogP contribution is 2.62. The van der Waals surface area contributed by atoms with Gasteiger partial charge in [-0.05, 0) is 24.3 Å². The van der Waals surface area contributed by atoms with Crippen LogP contribution < -0.4 is 0 Å². The van der Waals surface area contributed by atoms with Crippen molar-refractivity contribution in [2.45, 2.75) is 44.4 Å². The average Bonchev–Trinajstić information content (AvgIpc) is 2.60. The van der Waals surface area contributed by atoms with Crippen LogP contribution in [0.1, 0.15) is 19.3 Å². The van der Waals surface area contributed by atoms with Crippen molar-refractivity contribution in [1.29, 1.82) is 0 Å². The molecule has 68 valence electrons. The van der Waals surface area contributed by atoms with Crippen LogP contribution in [0.3, 0.4) is 0 Å². The van der Waals surface area contributed by atoms with Crippen LogP contribution in [0.5, 0.6) is 0 Å². The number of hydrogen-bond donors (Lipinski definition) is 0. The molecule has 2 saturated carbocycles. The second kappa shape index (κ2) is 2.44. The molecular weight excluding hydrogens is 164 g/mol. The van der Waals surface area contributed by atoms with Gasteiger partial charge in [0.15, 0.2) is 0 Å². The van der Waals surface area contributed by atoms with Gasteiger partial charge in [0.2, 0.25) is 0 Å². The minimum absolute atomic E-state index is 0.519. The number of hydrogen-bond acceptors (Lipinski definition) is 1. The molecule has 0 saturated heterocycles. The third kappa shape index (κ3) is 1.17. The lowest BCUT2D eigenvalue weighted by atomic mass is 10.00. The molecule has 0 spiro atoms. The van der Waals surface area contributed by atoms with Gasteiger partial charge in [-0.2, -0.15) is 0 Å². The molecule has 2 aliphatic rings. The smallest absolute Gasteiger partial charge is 0.136 e. The highest BCUT2D eigenvalue weighted by atomic mass is 28.3. The first-order valence-corrected chi connectivity index (χ1v) is 8.62. The Kier molecular flexibility index (Phi) is 1.72. The fourth-order valence-corrected chi connectivity index (χ4v) is 6.09. The molecule has 12 heavy (non-hydrogen) atoms. The Morgan fingerprint density at radius 1 is 1.33 bits per heavy atom. The summed E-state index contributed by atoms with van der Waals surface area (Å²) in [4.78, 5) is 11.5. The zero-order valence-electron chi connectivity index (χ0n) is 8.26. The molecule has 0 aromatic heterocycles. The minimum Gasteiger partial charge on any atom is -0.299 e. The maximum Gasteiger partial charge on any atom is 0.136 e. The summed E-state index contributed by atoms with van der Waals surface area (Å²) in [6.07, 6.45) is 3.38. The third-order valence-corrected chi connectivity index (χ3v) is 6.29. The van der Waals surface area contributed by atoms with Gasteiger partial charge in [-0.3, -0.25) is 4.79 Å². The number of carbonyl (C=O) groups is 1. The first-order valence-electron chi connectivity index (χ1n) is 5.04. The average molecular weight is 182 g/mol. The van der Waals surface area contributed by atoms with Crippen molar-refractivity contribution < 1.29 is 4.79 Å². The van der Waals surface area contributed by atoms with E-state index in [1.54, 1.807) is 0 Å². The lowest BCUT2D eigenvalue weighted by Crippen LogP contribution is -2.22. The third-order valence-electron chi connectivity index (χ3n) is 3.50. The van der Waals surface area contributed by atoms with E-state index in [-0.39, 0.29) is 0 Å². The minimum atomic E-state index is -1.01. The molecule has 1 nitrogen and oxygen atoms in total. The van der Waals surface area contributed by atoms with Crippen molar-refractivity contribution >= 4 is 13.9 Å². The summed E-state index contributed by atoms with van der Waals surface area (Å²) in [5.74, 6) is 1.92. The van der Waals surface area contributed by atoms with Gasteiger partial charge in [0.1, 0.15) is 5.78 Å². The van der Waals surface area contributed by atoms with Crippen LogP contribution in [0.4, 0.5) is 0 Å². The first-order chi connectivity index (χ1) is 5.52. The van der Waals surface area contributed by atoms with E-state index in [4.69, 9.17) is 0 Å². The summed E-state index contributed by atoms with van der Waals surface area (Å²) in [6.45, 7) is 7.22. The number of fused-ring (bicyclic) bond motifs is 1. The fraction of sp³-hybridized carbons (Fsp3) is 0.900. The molecular formula is C10H18OSi. The van der Waals surface area contributed by atoms with Gasteiger partial charge in [0.25, 0.3) is 0 Å². The number of rotatable bonds is 1. The molecule has 0 heterocycles.